The largest absolute Gasteiger partial charge is 0.491 e. The molecule has 0 heterocycles. The maximum Gasteiger partial charge on any atom is 0.262 e. The summed E-state index contributed by atoms with van der Waals surface area (Å²) in [6, 6.07) is 15.1. The van der Waals surface area contributed by atoms with Gasteiger partial charge in [-0.15, -0.1) is 6.58 Å². The molecule has 0 saturated heterocycles. The van der Waals surface area contributed by atoms with E-state index in [2.05, 4.69) is 18.8 Å². The minimum Gasteiger partial charge on any atom is -0.491 e. The number of benzene rings is 2. The normalized spacial score (nSPS) is 10.1. The molecule has 4 heteroatoms. The van der Waals surface area contributed by atoms with Crippen molar-refractivity contribution in [1.29, 1.82) is 0 Å². The van der Waals surface area contributed by atoms with Gasteiger partial charge in [0, 0.05) is 0 Å². The second kappa shape index (κ2) is 10.2. The topological polar surface area (TPSA) is 47.6 Å². The highest BCUT2D eigenvalue weighted by molar-refractivity contribution is 5.93. The van der Waals surface area contributed by atoms with Gasteiger partial charge >= 0.3 is 0 Å². The number of carbonyl (C=O) groups is 1. The first-order valence-electron chi connectivity index (χ1n) is 8.58. The molecule has 0 atom stereocenters. The van der Waals surface area contributed by atoms with E-state index in [0.717, 1.165) is 18.4 Å². The van der Waals surface area contributed by atoms with Gasteiger partial charge in [-0.2, -0.15) is 0 Å². The number of amides is 1. The van der Waals surface area contributed by atoms with Crippen LogP contribution in [0.15, 0.2) is 61.2 Å². The highest BCUT2D eigenvalue weighted by Gasteiger charge is 2.09. The van der Waals surface area contributed by atoms with Gasteiger partial charge in [-0.1, -0.05) is 49.8 Å². The summed E-state index contributed by atoms with van der Waals surface area (Å²) in [4.78, 5) is 12.2. The number of unbranched alkanes of at least 4 members (excludes halogenated alkanes) is 1. The lowest BCUT2D eigenvalue weighted by Crippen LogP contribution is -2.21. The average molecular weight is 339 g/mol. The van der Waals surface area contributed by atoms with E-state index in [0.29, 0.717) is 30.2 Å². The van der Waals surface area contributed by atoms with Crippen molar-refractivity contribution < 1.29 is 14.3 Å². The van der Waals surface area contributed by atoms with E-state index in [-0.39, 0.29) is 12.5 Å². The van der Waals surface area contributed by atoms with Crippen LogP contribution in [0.4, 0.5) is 5.69 Å². The molecule has 0 aliphatic carbocycles. The van der Waals surface area contributed by atoms with Crippen molar-refractivity contribution >= 4 is 11.6 Å². The van der Waals surface area contributed by atoms with Gasteiger partial charge < -0.3 is 14.8 Å². The lowest BCUT2D eigenvalue weighted by Gasteiger charge is -2.13. The number of anilines is 1. The second-order valence-corrected chi connectivity index (χ2v) is 5.64. The van der Waals surface area contributed by atoms with Crippen LogP contribution in [0.5, 0.6) is 11.5 Å². The molecule has 2 aromatic carbocycles. The molecule has 132 valence electrons. The molecule has 0 aliphatic heterocycles. The summed E-state index contributed by atoms with van der Waals surface area (Å²) in [6.45, 7) is 6.43. The molecule has 4 nitrogen and oxygen atoms in total. The van der Waals surface area contributed by atoms with Gasteiger partial charge in [-0.25, -0.2) is 0 Å². The van der Waals surface area contributed by atoms with E-state index in [1.165, 1.54) is 0 Å². The molecule has 25 heavy (non-hydrogen) atoms. The zero-order chi connectivity index (χ0) is 17.9. The molecule has 0 radical (unpaired) electrons. The van der Waals surface area contributed by atoms with Crippen LogP contribution in [0, 0.1) is 0 Å². The summed E-state index contributed by atoms with van der Waals surface area (Å²) in [5, 5.41) is 2.85. The summed E-state index contributed by atoms with van der Waals surface area (Å²) in [6.07, 6.45) is 4.55. The predicted molar refractivity (Wildman–Crippen MR) is 101 cm³/mol. The van der Waals surface area contributed by atoms with E-state index in [4.69, 9.17) is 9.47 Å². The monoisotopic (exact) mass is 339 g/mol. The van der Waals surface area contributed by atoms with Crippen LogP contribution in [0.1, 0.15) is 25.3 Å². The maximum atomic E-state index is 12.2. The third kappa shape index (κ3) is 5.99. The Labute approximate surface area is 149 Å². The minimum absolute atomic E-state index is 0.0581. The van der Waals surface area contributed by atoms with Crippen molar-refractivity contribution in [2.24, 2.45) is 0 Å². The van der Waals surface area contributed by atoms with E-state index >= 15 is 0 Å². The first-order chi connectivity index (χ1) is 12.2. The van der Waals surface area contributed by atoms with Crippen LogP contribution in [-0.4, -0.2) is 19.1 Å². The number of hydrogen-bond acceptors (Lipinski definition) is 3. The number of para-hydroxylation sites is 3. The van der Waals surface area contributed by atoms with Crippen LogP contribution >= 0.6 is 0 Å². The molecule has 0 bridgehead atoms. The van der Waals surface area contributed by atoms with Gasteiger partial charge in [0.05, 0.1) is 12.3 Å². The van der Waals surface area contributed by atoms with Crippen LogP contribution in [0.25, 0.3) is 0 Å². The number of allylic oxidation sites excluding steroid dienone is 1. The molecule has 2 aromatic rings. The predicted octanol–water partition coefficient (Wildman–Crippen LogP) is 4.61. The Morgan fingerprint density at radius 2 is 1.80 bits per heavy atom. The Bertz CT molecular complexity index is 697. The summed E-state index contributed by atoms with van der Waals surface area (Å²) in [7, 11) is 0. The fourth-order valence-electron chi connectivity index (χ4n) is 2.32. The SMILES string of the molecule is C=CCc1ccccc1OCC(=O)Nc1ccccc1OCCCC. The molecular weight excluding hydrogens is 314 g/mol. The van der Waals surface area contributed by atoms with Crippen molar-refractivity contribution in [3.8, 4) is 11.5 Å². The van der Waals surface area contributed by atoms with Gasteiger partial charge in [0.2, 0.25) is 0 Å². The van der Waals surface area contributed by atoms with Crippen LogP contribution in [0.3, 0.4) is 0 Å². The quantitative estimate of drug-likeness (QED) is 0.508. The molecule has 0 aliphatic rings. The van der Waals surface area contributed by atoms with Crippen molar-refractivity contribution in [3.63, 3.8) is 0 Å². The highest BCUT2D eigenvalue weighted by atomic mass is 16.5. The van der Waals surface area contributed by atoms with Crippen molar-refractivity contribution in [2.45, 2.75) is 26.2 Å². The minimum atomic E-state index is -0.222. The second-order valence-electron chi connectivity index (χ2n) is 5.64. The van der Waals surface area contributed by atoms with Gasteiger partial charge in [-0.3, -0.25) is 4.79 Å². The first-order valence-corrected chi connectivity index (χ1v) is 8.58. The number of nitrogens with one attached hydrogen (secondary N) is 1. The standard InChI is InChI=1S/C21H25NO3/c1-3-5-15-24-20-14-9-7-12-18(20)22-21(23)16-25-19-13-8-6-11-17(19)10-4-2/h4,6-9,11-14H,2-3,5,10,15-16H2,1H3,(H,22,23). The maximum absolute atomic E-state index is 12.2. The van der Waals surface area contributed by atoms with Crippen LogP contribution < -0.4 is 14.8 Å². The smallest absolute Gasteiger partial charge is 0.262 e. The molecule has 0 saturated carbocycles. The molecule has 2 rings (SSSR count). The van der Waals surface area contributed by atoms with E-state index < -0.39 is 0 Å². The van der Waals surface area contributed by atoms with Gasteiger partial charge in [0.15, 0.2) is 6.61 Å². The van der Waals surface area contributed by atoms with Crippen molar-refractivity contribution in [2.75, 3.05) is 18.5 Å². The van der Waals surface area contributed by atoms with Crippen LogP contribution in [-0.2, 0) is 11.2 Å². The summed E-state index contributed by atoms with van der Waals surface area (Å²) < 4.78 is 11.4. The Hall–Kier alpha value is -2.75. The highest BCUT2D eigenvalue weighted by Crippen LogP contribution is 2.24. The summed E-state index contributed by atoms with van der Waals surface area (Å²) >= 11 is 0. The Morgan fingerprint density at radius 3 is 2.56 bits per heavy atom. The summed E-state index contributed by atoms with van der Waals surface area (Å²) in [5.41, 5.74) is 1.67. The number of hydrogen-bond donors (Lipinski definition) is 1. The molecule has 0 unspecified atom stereocenters. The Kier molecular flexibility index (Phi) is 7.57. The lowest BCUT2D eigenvalue weighted by molar-refractivity contribution is -0.118. The third-order valence-corrected chi connectivity index (χ3v) is 3.61. The Morgan fingerprint density at radius 1 is 1.08 bits per heavy atom. The fourth-order valence-corrected chi connectivity index (χ4v) is 2.32. The number of carbonyl (C=O) groups excluding carboxylic acids is 1. The van der Waals surface area contributed by atoms with Gasteiger partial charge in [0.25, 0.3) is 5.91 Å². The van der Waals surface area contributed by atoms with Gasteiger partial charge in [0.1, 0.15) is 11.5 Å². The molecular formula is C21H25NO3. The van der Waals surface area contributed by atoms with Crippen molar-refractivity contribution in [3.05, 3.63) is 66.7 Å². The Balaban J connectivity index is 1.93. The molecule has 1 N–H and O–H groups in total. The summed E-state index contributed by atoms with van der Waals surface area (Å²) in [5.74, 6) is 1.15. The van der Waals surface area contributed by atoms with Crippen LogP contribution in [0.2, 0.25) is 0 Å². The zero-order valence-corrected chi connectivity index (χ0v) is 14.7. The average Bonchev–Trinajstić information content (AvgIpc) is 2.63. The molecule has 0 fully saturated rings. The third-order valence-electron chi connectivity index (χ3n) is 3.61. The number of ether oxygens (including phenoxy) is 2. The molecule has 0 aromatic heterocycles. The number of rotatable bonds is 10. The molecule has 0 spiro atoms. The fraction of sp³-hybridized carbons (Fsp3) is 0.286. The zero-order valence-electron chi connectivity index (χ0n) is 14.7. The van der Waals surface area contributed by atoms with E-state index in [9.17, 15) is 4.79 Å². The van der Waals surface area contributed by atoms with E-state index in [1.807, 2.05) is 54.6 Å². The lowest BCUT2D eigenvalue weighted by atomic mass is 10.1. The van der Waals surface area contributed by atoms with E-state index in [1.54, 1.807) is 0 Å². The molecule has 1 amide bonds. The van der Waals surface area contributed by atoms with Gasteiger partial charge in [-0.05, 0) is 36.6 Å². The first kappa shape index (κ1) is 18.6. The van der Waals surface area contributed by atoms with Crippen molar-refractivity contribution in [1.82, 2.24) is 0 Å².